The summed E-state index contributed by atoms with van der Waals surface area (Å²) >= 11 is 1.82. The fourth-order valence-electron chi connectivity index (χ4n) is 3.10. The van der Waals surface area contributed by atoms with Crippen molar-refractivity contribution in [3.63, 3.8) is 0 Å². The molecule has 0 bridgehead atoms. The molecule has 3 rings (SSSR count). The molecule has 2 atom stereocenters. The van der Waals surface area contributed by atoms with Crippen LogP contribution in [0.2, 0.25) is 0 Å². The van der Waals surface area contributed by atoms with E-state index in [4.69, 9.17) is 0 Å². The highest BCUT2D eigenvalue weighted by Crippen LogP contribution is 2.27. The molecular weight excluding hydrogens is 276 g/mol. The van der Waals surface area contributed by atoms with E-state index in [1.165, 1.54) is 23.1 Å². The summed E-state index contributed by atoms with van der Waals surface area (Å²) in [5.74, 6) is 0. The summed E-state index contributed by atoms with van der Waals surface area (Å²) in [5, 5.41) is 8.26. The van der Waals surface area contributed by atoms with Gasteiger partial charge in [0.25, 0.3) is 0 Å². The van der Waals surface area contributed by atoms with Crippen molar-refractivity contribution in [3.8, 4) is 0 Å². The van der Waals surface area contributed by atoms with Gasteiger partial charge in [0, 0.05) is 31.7 Å². The van der Waals surface area contributed by atoms with Gasteiger partial charge >= 0.3 is 0 Å². The first-order chi connectivity index (χ1) is 10.3. The number of piperazine rings is 1. The lowest BCUT2D eigenvalue weighted by molar-refractivity contribution is 0.120. The Morgan fingerprint density at radius 3 is 2.71 bits per heavy atom. The van der Waals surface area contributed by atoms with Gasteiger partial charge in [-0.15, -0.1) is 0 Å². The van der Waals surface area contributed by atoms with E-state index in [2.05, 4.69) is 65.2 Å². The van der Waals surface area contributed by atoms with Gasteiger partial charge in [-0.05, 0) is 40.8 Å². The van der Waals surface area contributed by atoms with Gasteiger partial charge in [-0.1, -0.05) is 37.3 Å². The summed E-state index contributed by atoms with van der Waals surface area (Å²) < 4.78 is 0. The van der Waals surface area contributed by atoms with Gasteiger partial charge in [-0.25, -0.2) is 0 Å². The lowest BCUT2D eigenvalue weighted by Gasteiger charge is -2.40. The van der Waals surface area contributed by atoms with Gasteiger partial charge < -0.3 is 5.32 Å². The maximum atomic E-state index is 3.70. The number of rotatable bonds is 4. The van der Waals surface area contributed by atoms with Crippen molar-refractivity contribution in [1.29, 1.82) is 0 Å². The van der Waals surface area contributed by atoms with Crippen LogP contribution in [0.15, 0.2) is 41.1 Å². The largest absolute Gasteiger partial charge is 0.311 e. The quantitative estimate of drug-likeness (QED) is 0.918. The predicted molar refractivity (Wildman–Crippen MR) is 90.7 cm³/mol. The molecule has 1 aliphatic heterocycles. The molecule has 21 heavy (non-hydrogen) atoms. The summed E-state index contributed by atoms with van der Waals surface area (Å²) in [6.07, 6.45) is 1.20. The smallest absolute Gasteiger partial charge is 0.0476 e. The van der Waals surface area contributed by atoms with Crippen molar-refractivity contribution in [2.45, 2.75) is 38.9 Å². The highest BCUT2D eigenvalue weighted by atomic mass is 32.1. The van der Waals surface area contributed by atoms with Crippen molar-refractivity contribution >= 4 is 11.3 Å². The molecule has 0 amide bonds. The van der Waals surface area contributed by atoms with Crippen LogP contribution in [0.1, 0.15) is 36.1 Å². The third-order valence-electron chi connectivity index (χ3n) is 4.51. The number of nitrogens with one attached hydrogen (secondary N) is 1. The molecule has 112 valence electrons. The second-order valence-corrected chi connectivity index (χ2v) is 6.69. The third kappa shape index (κ3) is 3.37. The number of aryl methyl sites for hydroxylation is 1. The lowest BCUT2D eigenvalue weighted by Crippen LogP contribution is -2.51. The maximum Gasteiger partial charge on any atom is 0.0476 e. The molecule has 1 fully saturated rings. The molecule has 1 N–H and O–H groups in total. The first-order valence-corrected chi connectivity index (χ1v) is 8.76. The van der Waals surface area contributed by atoms with Crippen LogP contribution >= 0.6 is 11.3 Å². The van der Waals surface area contributed by atoms with Crippen molar-refractivity contribution in [2.24, 2.45) is 0 Å². The minimum Gasteiger partial charge on any atom is -0.311 e. The molecule has 2 nitrogen and oxygen atoms in total. The van der Waals surface area contributed by atoms with Crippen LogP contribution < -0.4 is 5.32 Å². The highest BCUT2D eigenvalue weighted by molar-refractivity contribution is 7.08. The molecule has 1 aliphatic rings. The van der Waals surface area contributed by atoms with Gasteiger partial charge in [-0.3, -0.25) is 4.90 Å². The minimum atomic E-state index is 0.480. The van der Waals surface area contributed by atoms with E-state index in [0.717, 1.165) is 19.6 Å². The van der Waals surface area contributed by atoms with Crippen LogP contribution in [0.4, 0.5) is 0 Å². The average molecular weight is 300 g/mol. The Balaban J connectivity index is 1.82. The second kappa shape index (κ2) is 6.73. The standard InChI is InChI=1S/C18H24N2S/c1-3-17-11-20(10-16-13-21-12-14(16)2)18(9-19-17)15-7-5-4-6-8-15/h4-8,12-13,17-19H,3,9-11H2,1-2H3. The van der Waals surface area contributed by atoms with E-state index in [0.29, 0.717) is 12.1 Å². The van der Waals surface area contributed by atoms with Gasteiger partial charge in [0.15, 0.2) is 0 Å². The van der Waals surface area contributed by atoms with Crippen molar-refractivity contribution in [2.75, 3.05) is 13.1 Å². The molecule has 1 aromatic heterocycles. The van der Waals surface area contributed by atoms with E-state index < -0.39 is 0 Å². The van der Waals surface area contributed by atoms with Gasteiger partial charge in [0.2, 0.25) is 0 Å². The van der Waals surface area contributed by atoms with Crippen LogP contribution in [0.5, 0.6) is 0 Å². The molecule has 0 saturated carbocycles. The van der Waals surface area contributed by atoms with Crippen LogP contribution in [-0.2, 0) is 6.54 Å². The fourth-order valence-corrected chi connectivity index (χ4v) is 3.95. The number of benzene rings is 1. The molecule has 2 heterocycles. The molecule has 1 aromatic carbocycles. The zero-order chi connectivity index (χ0) is 14.7. The first kappa shape index (κ1) is 14.8. The van der Waals surface area contributed by atoms with Crippen LogP contribution in [0.3, 0.4) is 0 Å². The summed E-state index contributed by atoms with van der Waals surface area (Å²) in [5.41, 5.74) is 4.34. The molecule has 2 unspecified atom stereocenters. The van der Waals surface area contributed by atoms with Crippen LogP contribution in [-0.4, -0.2) is 24.0 Å². The first-order valence-electron chi connectivity index (χ1n) is 7.82. The van der Waals surface area contributed by atoms with Gasteiger partial charge in [0.05, 0.1) is 0 Å². The molecule has 2 aromatic rings. The topological polar surface area (TPSA) is 15.3 Å². The molecule has 0 spiro atoms. The van der Waals surface area contributed by atoms with Crippen LogP contribution in [0.25, 0.3) is 0 Å². The Labute approximate surface area is 131 Å². The second-order valence-electron chi connectivity index (χ2n) is 5.95. The summed E-state index contributed by atoms with van der Waals surface area (Å²) in [6, 6.07) is 12.0. The number of hydrogen-bond acceptors (Lipinski definition) is 3. The Morgan fingerprint density at radius 1 is 1.24 bits per heavy atom. The monoisotopic (exact) mass is 300 g/mol. The zero-order valence-electron chi connectivity index (χ0n) is 12.9. The van der Waals surface area contributed by atoms with Gasteiger partial charge in [-0.2, -0.15) is 11.3 Å². The average Bonchev–Trinajstić information content (AvgIpc) is 2.93. The molecule has 0 aliphatic carbocycles. The molecule has 3 heteroatoms. The van der Waals surface area contributed by atoms with Crippen molar-refractivity contribution in [3.05, 3.63) is 57.8 Å². The minimum absolute atomic E-state index is 0.480. The van der Waals surface area contributed by atoms with E-state index in [-0.39, 0.29) is 0 Å². The Bertz CT molecular complexity index is 564. The fraction of sp³-hybridized carbons (Fsp3) is 0.444. The summed E-state index contributed by atoms with van der Waals surface area (Å²) in [4.78, 5) is 2.65. The molecule has 0 radical (unpaired) electrons. The van der Waals surface area contributed by atoms with E-state index in [9.17, 15) is 0 Å². The highest BCUT2D eigenvalue weighted by Gasteiger charge is 2.28. The number of hydrogen-bond donors (Lipinski definition) is 1. The van der Waals surface area contributed by atoms with E-state index >= 15 is 0 Å². The Morgan fingerprint density at radius 2 is 2.05 bits per heavy atom. The zero-order valence-corrected chi connectivity index (χ0v) is 13.7. The van der Waals surface area contributed by atoms with Gasteiger partial charge in [0.1, 0.15) is 0 Å². The number of nitrogens with zero attached hydrogens (tertiary/aromatic N) is 1. The SMILES string of the molecule is CCC1CN(Cc2cscc2C)C(c2ccccc2)CN1. The maximum absolute atomic E-state index is 3.70. The normalized spacial score (nSPS) is 23.3. The number of thiophene rings is 1. The Hall–Kier alpha value is -1.16. The summed E-state index contributed by atoms with van der Waals surface area (Å²) in [6.45, 7) is 7.74. The third-order valence-corrected chi connectivity index (χ3v) is 5.42. The molecule has 1 saturated heterocycles. The predicted octanol–water partition coefficient (Wildman–Crippen LogP) is 3.98. The summed E-state index contributed by atoms with van der Waals surface area (Å²) in [7, 11) is 0. The Kier molecular flexibility index (Phi) is 4.73. The van der Waals surface area contributed by atoms with Crippen LogP contribution in [0, 0.1) is 6.92 Å². The van der Waals surface area contributed by atoms with Crippen molar-refractivity contribution in [1.82, 2.24) is 10.2 Å². The molecular formula is C18H24N2S. The van der Waals surface area contributed by atoms with Crippen molar-refractivity contribution < 1.29 is 0 Å². The van der Waals surface area contributed by atoms with E-state index in [1.54, 1.807) is 0 Å². The van der Waals surface area contributed by atoms with E-state index in [1.807, 2.05) is 11.3 Å². The lowest BCUT2D eigenvalue weighted by atomic mass is 9.99.